The topological polar surface area (TPSA) is 74.6 Å². The van der Waals surface area contributed by atoms with Gasteiger partial charge in [-0.25, -0.2) is 9.59 Å². The molecule has 2 rings (SSSR count). The van der Waals surface area contributed by atoms with Gasteiger partial charge in [0.2, 0.25) is 0 Å². The van der Waals surface area contributed by atoms with Crippen molar-refractivity contribution in [1.82, 2.24) is 0 Å². The minimum atomic E-state index is -1.06. The molecule has 0 radical (unpaired) electrons. The van der Waals surface area contributed by atoms with Crippen LogP contribution in [-0.2, 0) is 0 Å². The van der Waals surface area contributed by atoms with E-state index in [4.69, 9.17) is 10.2 Å². The molecule has 0 aliphatic carbocycles. The fourth-order valence-corrected chi connectivity index (χ4v) is 1.68. The maximum Gasteiger partial charge on any atom is 0.336 e. The highest BCUT2D eigenvalue weighted by atomic mass is 79.9. The van der Waals surface area contributed by atoms with Gasteiger partial charge in [0.1, 0.15) is 0 Å². The van der Waals surface area contributed by atoms with Crippen LogP contribution in [0.2, 0.25) is 0 Å². The van der Waals surface area contributed by atoms with E-state index in [0.29, 0.717) is 10.8 Å². The highest BCUT2D eigenvalue weighted by Gasteiger charge is 2.12. The van der Waals surface area contributed by atoms with E-state index in [1.165, 1.54) is 24.3 Å². The first-order valence-corrected chi connectivity index (χ1v) is 4.59. The van der Waals surface area contributed by atoms with Crippen LogP contribution in [0, 0.1) is 0 Å². The summed E-state index contributed by atoms with van der Waals surface area (Å²) in [7, 11) is 0. The summed E-state index contributed by atoms with van der Waals surface area (Å²) in [6.07, 6.45) is 0. The lowest BCUT2D eigenvalue weighted by Gasteiger charge is -2.04. The van der Waals surface area contributed by atoms with Crippen molar-refractivity contribution in [2.45, 2.75) is 0 Å². The van der Waals surface area contributed by atoms with E-state index in [1.807, 2.05) is 0 Å². The third-order valence-corrected chi connectivity index (χ3v) is 2.38. The molecule has 0 saturated heterocycles. The summed E-state index contributed by atoms with van der Waals surface area (Å²) in [5.41, 5.74) is 0.223. The van der Waals surface area contributed by atoms with Gasteiger partial charge in [-0.05, 0) is 22.9 Å². The van der Waals surface area contributed by atoms with Crippen molar-refractivity contribution in [1.29, 1.82) is 0 Å². The highest BCUT2D eigenvalue weighted by Crippen LogP contribution is 2.22. The molecule has 0 atom stereocenters. The Kier molecular flexibility index (Phi) is 6.00. The quantitative estimate of drug-likeness (QED) is 0.841. The molecular weight excluding hydrogens is 368 g/mol. The van der Waals surface area contributed by atoms with Gasteiger partial charge in [0.15, 0.2) is 0 Å². The summed E-state index contributed by atoms with van der Waals surface area (Å²) in [6, 6.07) is 9.19. The van der Waals surface area contributed by atoms with E-state index in [1.54, 1.807) is 12.1 Å². The highest BCUT2D eigenvalue weighted by molar-refractivity contribution is 8.93. The minimum Gasteiger partial charge on any atom is -0.478 e. The number of carbonyl (C=O) groups is 2. The van der Waals surface area contributed by atoms with Gasteiger partial charge in [0.05, 0.1) is 11.1 Å². The summed E-state index contributed by atoms with van der Waals surface area (Å²) in [5.74, 6) is -2.12. The van der Waals surface area contributed by atoms with Crippen LogP contribution in [0.25, 0.3) is 10.8 Å². The summed E-state index contributed by atoms with van der Waals surface area (Å²) in [5, 5.41) is 18.8. The Balaban J connectivity index is 0.00000144. The van der Waals surface area contributed by atoms with Crippen LogP contribution in [0.4, 0.5) is 0 Å². The molecule has 0 unspecified atom stereocenters. The Labute approximate surface area is 124 Å². The van der Waals surface area contributed by atoms with E-state index in [0.717, 1.165) is 0 Å². The van der Waals surface area contributed by atoms with Gasteiger partial charge in [-0.1, -0.05) is 24.3 Å². The Morgan fingerprint density at radius 3 is 1.33 bits per heavy atom. The number of fused-ring (bicyclic) bond motifs is 1. The van der Waals surface area contributed by atoms with Gasteiger partial charge in [-0.2, -0.15) is 0 Å². The summed E-state index contributed by atoms with van der Waals surface area (Å²) in [4.78, 5) is 21.9. The molecule has 6 heteroatoms. The number of benzene rings is 2. The molecule has 4 nitrogen and oxygen atoms in total. The molecule has 0 aliphatic heterocycles. The number of carboxylic acid groups (broad SMARTS) is 2. The lowest BCUT2D eigenvalue weighted by atomic mass is 10.0. The Morgan fingerprint density at radius 2 is 1.06 bits per heavy atom. The van der Waals surface area contributed by atoms with Gasteiger partial charge in [-0.15, -0.1) is 34.0 Å². The van der Waals surface area contributed by atoms with Crippen molar-refractivity contribution in [3.05, 3.63) is 47.5 Å². The number of aromatic carboxylic acids is 2. The largest absolute Gasteiger partial charge is 0.478 e. The minimum absolute atomic E-state index is 0. The average Bonchev–Trinajstić information content (AvgIpc) is 2.27. The molecule has 2 N–H and O–H groups in total. The summed E-state index contributed by atoms with van der Waals surface area (Å²) in [6.45, 7) is 0. The third kappa shape index (κ3) is 2.88. The number of halogens is 2. The van der Waals surface area contributed by atoms with Gasteiger partial charge in [0.25, 0.3) is 0 Å². The van der Waals surface area contributed by atoms with Crippen molar-refractivity contribution >= 4 is 56.7 Å². The zero-order chi connectivity index (χ0) is 11.7. The molecule has 0 aromatic heterocycles. The summed E-state index contributed by atoms with van der Waals surface area (Å²) >= 11 is 0. The number of hydrogen-bond acceptors (Lipinski definition) is 2. The monoisotopic (exact) mass is 376 g/mol. The standard InChI is InChI=1S/C12H8O4.2BrH/c13-11(14)9-5-1-3-7-8(9)4-2-6-10(7)12(15)16;;/h1-6H,(H,13,14)(H,15,16);2*1H. The maximum absolute atomic E-state index is 10.9. The first-order chi connectivity index (χ1) is 7.61. The summed E-state index contributed by atoms with van der Waals surface area (Å²) < 4.78 is 0. The Bertz CT molecular complexity index is 542. The molecule has 0 saturated carbocycles. The maximum atomic E-state index is 10.9. The van der Waals surface area contributed by atoms with Crippen molar-refractivity contribution in [3.63, 3.8) is 0 Å². The lowest BCUT2D eigenvalue weighted by molar-refractivity contribution is 0.0686. The van der Waals surface area contributed by atoms with Gasteiger partial charge in [0, 0.05) is 0 Å². The normalized spacial score (nSPS) is 9.11. The molecule has 2 aromatic rings. The molecule has 96 valence electrons. The predicted octanol–water partition coefficient (Wildman–Crippen LogP) is 3.39. The third-order valence-electron chi connectivity index (χ3n) is 2.38. The second-order valence-corrected chi connectivity index (χ2v) is 3.32. The second kappa shape index (κ2) is 6.51. The number of rotatable bonds is 2. The molecule has 0 spiro atoms. The van der Waals surface area contributed by atoms with Crippen LogP contribution in [0.3, 0.4) is 0 Å². The van der Waals surface area contributed by atoms with E-state index >= 15 is 0 Å². The molecule has 2 aromatic carbocycles. The first kappa shape index (κ1) is 16.6. The zero-order valence-corrected chi connectivity index (χ0v) is 12.4. The van der Waals surface area contributed by atoms with Gasteiger partial charge >= 0.3 is 11.9 Å². The molecule has 0 aliphatic rings. The van der Waals surface area contributed by atoms with E-state index in [-0.39, 0.29) is 45.1 Å². The van der Waals surface area contributed by atoms with Crippen LogP contribution in [-0.4, -0.2) is 22.2 Å². The van der Waals surface area contributed by atoms with E-state index in [2.05, 4.69) is 0 Å². The number of carboxylic acids is 2. The van der Waals surface area contributed by atoms with Crippen LogP contribution in [0.15, 0.2) is 36.4 Å². The van der Waals surface area contributed by atoms with Crippen molar-refractivity contribution in [2.75, 3.05) is 0 Å². The molecular formula is C12H10Br2O4. The van der Waals surface area contributed by atoms with Crippen molar-refractivity contribution in [2.24, 2.45) is 0 Å². The van der Waals surface area contributed by atoms with E-state index in [9.17, 15) is 9.59 Å². The smallest absolute Gasteiger partial charge is 0.336 e. The average molecular weight is 378 g/mol. The fraction of sp³-hybridized carbons (Fsp3) is 0. The molecule has 0 heterocycles. The Morgan fingerprint density at radius 1 is 0.722 bits per heavy atom. The van der Waals surface area contributed by atoms with Crippen LogP contribution < -0.4 is 0 Å². The molecule has 0 fully saturated rings. The fourth-order valence-electron chi connectivity index (χ4n) is 1.68. The van der Waals surface area contributed by atoms with E-state index < -0.39 is 11.9 Å². The lowest BCUT2D eigenvalue weighted by Crippen LogP contribution is -2.01. The SMILES string of the molecule is Br.Br.O=C(O)c1cccc2c(C(=O)O)cccc12. The van der Waals surface area contributed by atoms with Crippen LogP contribution in [0.5, 0.6) is 0 Å². The second-order valence-electron chi connectivity index (χ2n) is 3.32. The predicted molar refractivity (Wildman–Crippen MR) is 78.5 cm³/mol. The van der Waals surface area contributed by atoms with Crippen molar-refractivity contribution in [3.8, 4) is 0 Å². The molecule has 0 amide bonds. The number of hydrogen-bond donors (Lipinski definition) is 2. The van der Waals surface area contributed by atoms with Crippen molar-refractivity contribution < 1.29 is 19.8 Å². The van der Waals surface area contributed by atoms with Gasteiger partial charge in [-0.3, -0.25) is 0 Å². The Hall–Kier alpha value is -1.40. The van der Waals surface area contributed by atoms with Gasteiger partial charge < -0.3 is 10.2 Å². The van der Waals surface area contributed by atoms with Crippen LogP contribution >= 0.6 is 34.0 Å². The van der Waals surface area contributed by atoms with Crippen LogP contribution in [0.1, 0.15) is 20.7 Å². The zero-order valence-electron chi connectivity index (χ0n) is 8.99. The molecule has 0 bridgehead atoms. The first-order valence-electron chi connectivity index (χ1n) is 4.59. The molecule has 18 heavy (non-hydrogen) atoms.